The second-order valence-electron chi connectivity index (χ2n) is 7.41. The Balaban J connectivity index is 1.92. The number of anilines is 2. The second kappa shape index (κ2) is 7.59. The maximum atomic E-state index is 13.2. The first-order valence-corrected chi connectivity index (χ1v) is 10.2. The average molecular weight is 445 g/mol. The van der Waals surface area contributed by atoms with Gasteiger partial charge in [-0.25, -0.2) is 9.59 Å². The van der Waals surface area contributed by atoms with Crippen molar-refractivity contribution in [3.8, 4) is 0 Å². The van der Waals surface area contributed by atoms with Gasteiger partial charge in [-0.2, -0.15) is 0 Å². The molecule has 3 aromatic carbocycles. The third-order valence-corrected chi connectivity index (χ3v) is 5.77. The predicted octanol–water partition coefficient (Wildman–Crippen LogP) is 4.90. The average Bonchev–Trinajstić information content (AvgIpc) is 2.78. The Kier molecular flexibility index (Phi) is 4.72. The summed E-state index contributed by atoms with van der Waals surface area (Å²) in [5, 5.41) is 1.54. The lowest BCUT2D eigenvalue weighted by atomic mass is 9.84. The highest BCUT2D eigenvalue weighted by Crippen LogP contribution is 2.39. The van der Waals surface area contributed by atoms with Crippen molar-refractivity contribution in [3.05, 3.63) is 115 Å². The van der Waals surface area contributed by atoms with Crippen LogP contribution in [-0.4, -0.2) is 0 Å². The van der Waals surface area contributed by atoms with Crippen molar-refractivity contribution >= 4 is 44.9 Å². The molecule has 2 heterocycles. The predicted molar refractivity (Wildman–Crippen MR) is 126 cm³/mol. The summed E-state index contributed by atoms with van der Waals surface area (Å²) in [5.74, 6) is -0.949. The van der Waals surface area contributed by atoms with Crippen LogP contribution in [0.4, 0.5) is 11.4 Å². The van der Waals surface area contributed by atoms with Gasteiger partial charge in [0.2, 0.25) is 0 Å². The summed E-state index contributed by atoms with van der Waals surface area (Å²) >= 11 is 6.25. The zero-order valence-electron chi connectivity index (χ0n) is 16.7. The summed E-state index contributed by atoms with van der Waals surface area (Å²) < 4.78 is 11.1. The van der Waals surface area contributed by atoms with Crippen LogP contribution in [0.15, 0.2) is 91.2 Å². The monoisotopic (exact) mass is 444 g/mol. The van der Waals surface area contributed by atoms with E-state index in [4.69, 9.17) is 31.9 Å². The van der Waals surface area contributed by atoms with Crippen molar-refractivity contribution in [1.82, 2.24) is 0 Å². The van der Waals surface area contributed by atoms with E-state index in [-0.39, 0.29) is 22.5 Å². The molecule has 2 aromatic heterocycles. The van der Waals surface area contributed by atoms with Gasteiger partial charge in [-0.15, -0.1) is 0 Å². The van der Waals surface area contributed by atoms with Crippen LogP contribution in [0, 0.1) is 0 Å². The summed E-state index contributed by atoms with van der Waals surface area (Å²) in [4.78, 5) is 26.3. The van der Waals surface area contributed by atoms with E-state index in [0.717, 1.165) is 0 Å². The lowest BCUT2D eigenvalue weighted by Gasteiger charge is -2.21. The summed E-state index contributed by atoms with van der Waals surface area (Å²) in [6.45, 7) is 0. The maximum Gasteiger partial charge on any atom is 0.342 e. The second-order valence-corrected chi connectivity index (χ2v) is 7.85. The van der Waals surface area contributed by atoms with Crippen LogP contribution in [0.1, 0.15) is 22.6 Å². The van der Waals surface area contributed by atoms with E-state index in [1.54, 1.807) is 72.8 Å². The number of para-hydroxylation sites is 2. The summed E-state index contributed by atoms with van der Waals surface area (Å²) in [6.07, 6.45) is 0. The molecule has 0 amide bonds. The fourth-order valence-electron chi connectivity index (χ4n) is 4.09. The van der Waals surface area contributed by atoms with Crippen molar-refractivity contribution < 1.29 is 8.83 Å². The molecule has 0 atom stereocenters. The van der Waals surface area contributed by atoms with Crippen LogP contribution in [-0.2, 0) is 0 Å². The van der Waals surface area contributed by atoms with E-state index in [0.29, 0.717) is 32.5 Å². The Morgan fingerprint density at radius 1 is 0.688 bits per heavy atom. The zero-order chi connectivity index (χ0) is 22.4. The van der Waals surface area contributed by atoms with Gasteiger partial charge in [0.05, 0.1) is 28.4 Å². The molecule has 4 N–H and O–H groups in total. The molecular formula is C25H17ClN2O4. The molecular weight excluding hydrogens is 428 g/mol. The van der Waals surface area contributed by atoms with Crippen LogP contribution >= 0.6 is 11.6 Å². The first-order chi connectivity index (χ1) is 15.5. The minimum absolute atomic E-state index is 0.0975. The molecule has 7 heteroatoms. The van der Waals surface area contributed by atoms with Crippen molar-refractivity contribution in [1.29, 1.82) is 0 Å². The Hall–Kier alpha value is -4.03. The highest BCUT2D eigenvalue weighted by atomic mass is 35.5. The standard InChI is InChI=1S/C25H17ClN2O4/c26-14-7-5-6-13(12-14)19(20-22(27)15-8-1-3-10-17(15)31-24(20)29)21-23(28)16-9-2-4-11-18(16)32-25(21)30/h1-12,19H,27-28H2. The number of hydrogen-bond acceptors (Lipinski definition) is 6. The zero-order valence-corrected chi connectivity index (χ0v) is 17.4. The number of nitrogen functional groups attached to an aromatic ring is 2. The lowest BCUT2D eigenvalue weighted by Crippen LogP contribution is -2.24. The SMILES string of the molecule is Nc1c(C(c2cccc(Cl)c2)c2c(N)c3ccccc3oc2=O)c(=O)oc2ccccc12. The van der Waals surface area contributed by atoms with Gasteiger partial charge < -0.3 is 20.3 Å². The molecule has 6 nitrogen and oxygen atoms in total. The molecule has 0 aliphatic rings. The van der Waals surface area contributed by atoms with E-state index in [1.807, 2.05) is 0 Å². The molecule has 158 valence electrons. The molecule has 0 unspecified atom stereocenters. The Labute approximate surface area is 186 Å². The van der Waals surface area contributed by atoms with Crippen LogP contribution in [0.2, 0.25) is 5.02 Å². The number of fused-ring (bicyclic) bond motifs is 2. The molecule has 0 spiro atoms. The van der Waals surface area contributed by atoms with E-state index in [2.05, 4.69) is 0 Å². The Bertz CT molecular complexity index is 1520. The lowest BCUT2D eigenvalue weighted by molar-refractivity contribution is 0.537. The number of halogens is 1. The van der Waals surface area contributed by atoms with E-state index < -0.39 is 17.2 Å². The van der Waals surface area contributed by atoms with E-state index in [9.17, 15) is 9.59 Å². The molecule has 0 radical (unpaired) electrons. The maximum absolute atomic E-state index is 13.2. The van der Waals surface area contributed by atoms with Gasteiger partial charge in [0.15, 0.2) is 0 Å². The number of benzene rings is 3. The van der Waals surface area contributed by atoms with Crippen molar-refractivity contribution in [2.75, 3.05) is 11.5 Å². The normalized spacial score (nSPS) is 11.4. The van der Waals surface area contributed by atoms with Crippen molar-refractivity contribution in [3.63, 3.8) is 0 Å². The summed E-state index contributed by atoms with van der Waals surface area (Å²) in [6, 6.07) is 20.7. The van der Waals surface area contributed by atoms with Gasteiger partial charge in [0, 0.05) is 15.8 Å². The molecule has 0 bridgehead atoms. The topological polar surface area (TPSA) is 112 Å². The smallest absolute Gasteiger partial charge is 0.342 e. The van der Waals surface area contributed by atoms with Gasteiger partial charge in [-0.3, -0.25) is 0 Å². The third-order valence-electron chi connectivity index (χ3n) is 5.54. The van der Waals surface area contributed by atoms with Crippen LogP contribution in [0.25, 0.3) is 21.9 Å². The molecule has 0 fully saturated rings. The molecule has 0 aliphatic carbocycles. The van der Waals surface area contributed by atoms with Gasteiger partial charge in [-0.1, -0.05) is 48.0 Å². The van der Waals surface area contributed by atoms with Crippen molar-refractivity contribution in [2.45, 2.75) is 5.92 Å². The third kappa shape index (κ3) is 3.13. The minimum Gasteiger partial charge on any atom is -0.422 e. The van der Waals surface area contributed by atoms with E-state index >= 15 is 0 Å². The molecule has 5 rings (SSSR count). The van der Waals surface area contributed by atoms with Crippen LogP contribution in [0.5, 0.6) is 0 Å². The molecule has 32 heavy (non-hydrogen) atoms. The van der Waals surface area contributed by atoms with Gasteiger partial charge in [-0.05, 0) is 42.0 Å². The molecule has 0 saturated heterocycles. The van der Waals surface area contributed by atoms with Gasteiger partial charge in [0.1, 0.15) is 11.2 Å². The first-order valence-electron chi connectivity index (χ1n) is 9.83. The highest BCUT2D eigenvalue weighted by Gasteiger charge is 2.31. The van der Waals surface area contributed by atoms with Gasteiger partial charge in [0.25, 0.3) is 0 Å². The van der Waals surface area contributed by atoms with E-state index in [1.165, 1.54) is 0 Å². The number of nitrogens with two attached hydrogens (primary N) is 2. The minimum atomic E-state index is -0.949. The Morgan fingerprint density at radius 3 is 1.69 bits per heavy atom. The quantitative estimate of drug-likeness (QED) is 0.383. The van der Waals surface area contributed by atoms with Crippen molar-refractivity contribution in [2.24, 2.45) is 0 Å². The summed E-state index contributed by atoms with van der Waals surface area (Å²) in [7, 11) is 0. The fraction of sp³-hybridized carbons (Fsp3) is 0.0400. The Morgan fingerprint density at radius 2 is 1.19 bits per heavy atom. The first kappa shape index (κ1) is 19.9. The van der Waals surface area contributed by atoms with Crippen LogP contribution < -0.4 is 22.7 Å². The van der Waals surface area contributed by atoms with Gasteiger partial charge >= 0.3 is 11.3 Å². The van der Waals surface area contributed by atoms with Crippen LogP contribution in [0.3, 0.4) is 0 Å². The molecule has 0 aliphatic heterocycles. The number of rotatable bonds is 3. The molecule has 5 aromatic rings. The number of hydrogen-bond donors (Lipinski definition) is 2. The summed E-state index contributed by atoms with van der Waals surface area (Å²) in [5.41, 5.74) is 13.5. The fourth-order valence-corrected chi connectivity index (χ4v) is 4.29. The highest BCUT2D eigenvalue weighted by molar-refractivity contribution is 6.30. The molecule has 0 saturated carbocycles. The largest absolute Gasteiger partial charge is 0.422 e.